The molecule has 19 heavy (non-hydrogen) atoms. The van der Waals surface area contributed by atoms with E-state index in [0.29, 0.717) is 38.5 Å². The summed E-state index contributed by atoms with van der Waals surface area (Å²) in [5.74, 6) is 0.285. The Bertz CT molecular complexity index is 350. The van der Waals surface area contributed by atoms with E-state index in [1.807, 2.05) is 0 Å². The highest BCUT2D eigenvalue weighted by Crippen LogP contribution is 2.30. The largest absolute Gasteiger partial charge is 0.393 e. The molecule has 0 aromatic heterocycles. The lowest BCUT2D eigenvalue weighted by molar-refractivity contribution is -0.132. The zero-order valence-electron chi connectivity index (χ0n) is 11.2. The zero-order valence-corrected chi connectivity index (χ0v) is 11.2. The van der Waals surface area contributed by atoms with Crippen LogP contribution in [0.15, 0.2) is 0 Å². The monoisotopic (exact) mass is 266 g/mol. The predicted octanol–water partition coefficient (Wildman–Crippen LogP) is 0.974. The van der Waals surface area contributed by atoms with Crippen molar-refractivity contribution in [1.82, 2.24) is 5.32 Å². The second kappa shape index (κ2) is 6.36. The Balaban J connectivity index is 1.81. The Morgan fingerprint density at radius 2 is 1.95 bits per heavy atom. The van der Waals surface area contributed by atoms with E-state index < -0.39 is 5.41 Å². The second-order valence-corrected chi connectivity index (χ2v) is 5.69. The van der Waals surface area contributed by atoms with Gasteiger partial charge in [-0.25, -0.2) is 0 Å². The lowest BCUT2D eigenvalue weighted by atomic mass is 9.80. The van der Waals surface area contributed by atoms with Gasteiger partial charge in [-0.2, -0.15) is 5.26 Å². The molecule has 1 amide bonds. The first-order chi connectivity index (χ1) is 9.16. The number of carbonyl (C=O) groups excluding carboxylic acids is 1. The summed E-state index contributed by atoms with van der Waals surface area (Å²) in [7, 11) is 0. The fourth-order valence-corrected chi connectivity index (χ4v) is 2.86. The van der Waals surface area contributed by atoms with Crippen molar-refractivity contribution in [2.24, 2.45) is 11.3 Å². The highest BCUT2D eigenvalue weighted by molar-refractivity contribution is 5.85. The minimum atomic E-state index is -0.896. The highest BCUT2D eigenvalue weighted by atomic mass is 16.5. The van der Waals surface area contributed by atoms with Crippen LogP contribution in [0.2, 0.25) is 0 Å². The molecule has 2 rings (SSSR count). The Morgan fingerprint density at radius 3 is 2.53 bits per heavy atom. The molecule has 0 bridgehead atoms. The van der Waals surface area contributed by atoms with Gasteiger partial charge in [-0.05, 0) is 44.4 Å². The molecule has 0 aromatic rings. The third-order valence-corrected chi connectivity index (χ3v) is 4.36. The number of carbonyl (C=O) groups is 1. The summed E-state index contributed by atoms with van der Waals surface area (Å²) in [6.45, 7) is 1.59. The number of ether oxygens (including phenoxy) is 1. The van der Waals surface area contributed by atoms with Gasteiger partial charge in [0.2, 0.25) is 5.91 Å². The normalized spacial score (nSPS) is 30.3. The van der Waals surface area contributed by atoms with E-state index in [-0.39, 0.29) is 12.0 Å². The molecule has 5 nitrogen and oxygen atoms in total. The number of nitrogens with zero attached hydrogens (tertiary/aromatic N) is 1. The number of amides is 1. The minimum absolute atomic E-state index is 0.149. The Hall–Kier alpha value is -1.12. The van der Waals surface area contributed by atoms with Gasteiger partial charge in [0.15, 0.2) is 0 Å². The van der Waals surface area contributed by atoms with Crippen molar-refractivity contribution < 1.29 is 14.6 Å². The van der Waals surface area contributed by atoms with Crippen LogP contribution in [0.25, 0.3) is 0 Å². The highest BCUT2D eigenvalue weighted by Gasteiger charge is 2.40. The van der Waals surface area contributed by atoms with E-state index in [1.54, 1.807) is 0 Å². The van der Waals surface area contributed by atoms with Crippen LogP contribution < -0.4 is 5.32 Å². The van der Waals surface area contributed by atoms with E-state index in [2.05, 4.69) is 11.4 Å². The lowest BCUT2D eigenvalue weighted by Gasteiger charge is -2.31. The zero-order chi connectivity index (χ0) is 13.7. The lowest BCUT2D eigenvalue weighted by Crippen LogP contribution is -2.45. The fourth-order valence-electron chi connectivity index (χ4n) is 2.86. The standard InChI is InChI=1S/C14H22N2O3/c15-10-14(5-7-19-8-6-14)13(18)16-9-11-1-3-12(17)4-2-11/h11-12,17H,1-9H2,(H,16,18). The summed E-state index contributed by atoms with van der Waals surface area (Å²) in [4.78, 5) is 12.2. The van der Waals surface area contributed by atoms with E-state index in [9.17, 15) is 15.2 Å². The molecule has 0 aromatic carbocycles. The summed E-state index contributed by atoms with van der Waals surface area (Å²) < 4.78 is 5.22. The summed E-state index contributed by atoms with van der Waals surface area (Å²) >= 11 is 0. The SMILES string of the molecule is N#CC1(C(=O)NCC2CCC(O)CC2)CCOCC1. The first-order valence-corrected chi connectivity index (χ1v) is 7.12. The van der Waals surface area contributed by atoms with Gasteiger partial charge in [0, 0.05) is 19.8 Å². The molecule has 1 aliphatic heterocycles. The van der Waals surface area contributed by atoms with Crippen molar-refractivity contribution >= 4 is 5.91 Å². The van der Waals surface area contributed by atoms with Crippen molar-refractivity contribution in [2.45, 2.75) is 44.6 Å². The number of aliphatic hydroxyl groups excluding tert-OH is 1. The first kappa shape index (κ1) is 14.3. The van der Waals surface area contributed by atoms with Crippen molar-refractivity contribution in [3.05, 3.63) is 0 Å². The molecule has 1 aliphatic carbocycles. The molecule has 2 fully saturated rings. The molecular formula is C14H22N2O3. The maximum Gasteiger partial charge on any atom is 0.240 e. The molecule has 0 radical (unpaired) electrons. The van der Waals surface area contributed by atoms with E-state index in [4.69, 9.17) is 4.74 Å². The Labute approximate surface area is 113 Å². The van der Waals surface area contributed by atoms with Crippen molar-refractivity contribution in [3.8, 4) is 6.07 Å². The topological polar surface area (TPSA) is 82.4 Å². The van der Waals surface area contributed by atoms with Crippen LogP contribution in [0.4, 0.5) is 0 Å². The molecule has 2 aliphatic rings. The van der Waals surface area contributed by atoms with Gasteiger partial charge in [-0.1, -0.05) is 0 Å². The van der Waals surface area contributed by atoms with Gasteiger partial charge in [0.1, 0.15) is 5.41 Å². The molecule has 1 saturated carbocycles. The predicted molar refractivity (Wildman–Crippen MR) is 69.1 cm³/mol. The molecule has 106 valence electrons. The number of nitriles is 1. The van der Waals surface area contributed by atoms with Crippen molar-refractivity contribution in [1.29, 1.82) is 5.26 Å². The van der Waals surface area contributed by atoms with Crippen molar-refractivity contribution in [3.63, 3.8) is 0 Å². The van der Waals surface area contributed by atoms with Crippen LogP contribution >= 0.6 is 0 Å². The Morgan fingerprint density at radius 1 is 1.32 bits per heavy atom. The van der Waals surface area contributed by atoms with Gasteiger partial charge >= 0.3 is 0 Å². The average Bonchev–Trinajstić information content (AvgIpc) is 2.47. The van der Waals surface area contributed by atoms with Crippen LogP contribution in [-0.2, 0) is 9.53 Å². The summed E-state index contributed by atoms with van der Waals surface area (Å²) in [5.41, 5.74) is -0.896. The summed E-state index contributed by atoms with van der Waals surface area (Å²) in [5, 5.41) is 21.7. The van der Waals surface area contributed by atoms with E-state index in [0.717, 1.165) is 25.7 Å². The molecular weight excluding hydrogens is 244 g/mol. The number of nitrogens with one attached hydrogen (secondary N) is 1. The van der Waals surface area contributed by atoms with E-state index in [1.165, 1.54) is 0 Å². The molecule has 1 heterocycles. The third-order valence-electron chi connectivity index (χ3n) is 4.36. The van der Waals surface area contributed by atoms with Gasteiger partial charge in [-0.15, -0.1) is 0 Å². The Kier molecular flexibility index (Phi) is 4.78. The summed E-state index contributed by atoms with van der Waals surface area (Å²) in [6, 6.07) is 2.18. The quantitative estimate of drug-likeness (QED) is 0.797. The first-order valence-electron chi connectivity index (χ1n) is 7.12. The molecule has 5 heteroatoms. The number of aliphatic hydroxyl groups is 1. The van der Waals surface area contributed by atoms with Gasteiger partial charge in [0.05, 0.1) is 12.2 Å². The number of rotatable bonds is 3. The van der Waals surface area contributed by atoms with Gasteiger partial charge in [0.25, 0.3) is 0 Å². The average molecular weight is 266 g/mol. The van der Waals surface area contributed by atoms with Crippen LogP contribution in [-0.4, -0.2) is 36.9 Å². The van der Waals surface area contributed by atoms with Crippen LogP contribution in [0.1, 0.15) is 38.5 Å². The van der Waals surface area contributed by atoms with Gasteiger partial charge < -0.3 is 15.2 Å². The molecule has 2 N–H and O–H groups in total. The smallest absolute Gasteiger partial charge is 0.240 e. The van der Waals surface area contributed by atoms with Gasteiger partial charge in [-0.3, -0.25) is 4.79 Å². The minimum Gasteiger partial charge on any atom is -0.393 e. The van der Waals surface area contributed by atoms with Crippen LogP contribution in [0, 0.1) is 22.7 Å². The van der Waals surface area contributed by atoms with Crippen LogP contribution in [0.3, 0.4) is 0 Å². The molecule has 0 unspecified atom stereocenters. The molecule has 1 saturated heterocycles. The van der Waals surface area contributed by atoms with Crippen LogP contribution in [0.5, 0.6) is 0 Å². The number of hydrogen-bond acceptors (Lipinski definition) is 4. The van der Waals surface area contributed by atoms with E-state index >= 15 is 0 Å². The fraction of sp³-hybridized carbons (Fsp3) is 0.857. The molecule has 0 spiro atoms. The number of hydrogen-bond donors (Lipinski definition) is 2. The maximum atomic E-state index is 12.2. The van der Waals surface area contributed by atoms with Crippen molar-refractivity contribution in [2.75, 3.05) is 19.8 Å². The summed E-state index contributed by atoms with van der Waals surface area (Å²) in [6.07, 6.45) is 4.33. The maximum absolute atomic E-state index is 12.2. The molecule has 0 atom stereocenters. The second-order valence-electron chi connectivity index (χ2n) is 5.69. The third kappa shape index (κ3) is 3.46.